The fraction of sp³-hybridized carbons (Fsp3) is 0.667. The summed E-state index contributed by atoms with van der Waals surface area (Å²) < 4.78 is 0. The summed E-state index contributed by atoms with van der Waals surface area (Å²) in [6, 6.07) is 9.11. The van der Waals surface area contributed by atoms with Gasteiger partial charge >= 0.3 is 0 Å². The number of aliphatic hydroxyl groups is 1. The number of rotatable bonds is 9. The molecule has 140 valence electrons. The van der Waals surface area contributed by atoms with Crippen molar-refractivity contribution in [1.29, 1.82) is 0 Å². The molecule has 4 heteroatoms. The zero-order chi connectivity index (χ0) is 18.1. The van der Waals surface area contributed by atoms with Crippen LogP contribution in [0.5, 0.6) is 0 Å². The molecule has 0 heterocycles. The van der Waals surface area contributed by atoms with Crippen molar-refractivity contribution in [3.05, 3.63) is 35.4 Å². The Hall–Kier alpha value is -1.39. The van der Waals surface area contributed by atoms with E-state index in [0.717, 1.165) is 19.3 Å². The highest BCUT2D eigenvalue weighted by Gasteiger charge is 2.22. The van der Waals surface area contributed by atoms with Crippen LogP contribution in [-0.2, 0) is 11.2 Å². The molecule has 1 aliphatic carbocycles. The summed E-state index contributed by atoms with van der Waals surface area (Å²) in [7, 11) is 0. The normalized spacial score (nSPS) is 15.7. The predicted octanol–water partition coefficient (Wildman–Crippen LogP) is 3.10. The molecule has 0 saturated heterocycles. The molecule has 0 unspecified atom stereocenters. The molecule has 0 spiro atoms. The first-order valence-corrected chi connectivity index (χ1v) is 9.80. The summed E-state index contributed by atoms with van der Waals surface area (Å²) in [6.45, 7) is 6.16. The highest BCUT2D eigenvalue weighted by molar-refractivity contribution is 5.78. The number of aliphatic hydroxyl groups excluding tert-OH is 1. The summed E-state index contributed by atoms with van der Waals surface area (Å²) in [6.07, 6.45) is 6.92. The van der Waals surface area contributed by atoms with Gasteiger partial charge in [0.25, 0.3) is 0 Å². The van der Waals surface area contributed by atoms with E-state index in [1.165, 1.54) is 30.4 Å². The van der Waals surface area contributed by atoms with Gasteiger partial charge in [0.15, 0.2) is 0 Å². The zero-order valence-corrected chi connectivity index (χ0v) is 15.8. The highest BCUT2D eigenvalue weighted by Crippen LogP contribution is 2.22. The third-order valence-electron chi connectivity index (χ3n) is 5.21. The molecular weight excluding hydrogens is 312 g/mol. The van der Waals surface area contributed by atoms with Crippen LogP contribution in [0.2, 0.25) is 0 Å². The average Bonchev–Trinajstić information content (AvgIpc) is 2.62. The van der Waals surface area contributed by atoms with Gasteiger partial charge < -0.3 is 10.4 Å². The summed E-state index contributed by atoms with van der Waals surface area (Å²) in [5.41, 5.74) is 2.60. The number of carbonyl (C=O) groups is 1. The SMILES string of the molecule is CC(C)c1ccc(CCNC(=O)CN(CCO)C2CCCCC2)cc1. The molecule has 1 amide bonds. The van der Waals surface area contributed by atoms with Crippen molar-refractivity contribution in [3.8, 4) is 0 Å². The molecule has 1 saturated carbocycles. The largest absolute Gasteiger partial charge is 0.395 e. The van der Waals surface area contributed by atoms with Crippen LogP contribution in [-0.4, -0.2) is 48.2 Å². The van der Waals surface area contributed by atoms with Gasteiger partial charge in [0, 0.05) is 19.1 Å². The molecule has 1 aromatic carbocycles. The highest BCUT2D eigenvalue weighted by atomic mass is 16.3. The van der Waals surface area contributed by atoms with Crippen molar-refractivity contribution in [2.24, 2.45) is 0 Å². The fourth-order valence-electron chi connectivity index (χ4n) is 3.62. The molecule has 25 heavy (non-hydrogen) atoms. The number of benzene rings is 1. The molecule has 0 aliphatic heterocycles. The van der Waals surface area contributed by atoms with Crippen LogP contribution in [0.15, 0.2) is 24.3 Å². The van der Waals surface area contributed by atoms with Gasteiger partial charge in [-0.1, -0.05) is 57.4 Å². The maximum atomic E-state index is 12.3. The molecule has 4 nitrogen and oxygen atoms in total. The van der Waals surface area contributed by atoms with E-state index in [4.69, 9.17) is 0 Å². The van der Waals surface area contributed by atoms with E-state index in [1.807, 2.05) is 0 Å². The quantitative estimate of drug-likeness (QED) is 0.722. The van der Waals surface area contributed by atoms with Crippen LogP contribution in [0.25, 0.3) is 0 Å². The third-order valence-corrected chi connectivity index (χ3v) is 5.21. The van der Waals surface area contributed by atoms with E-state index in [1.54, 1.807) is 0 Å². The maximum absolute atomic E-state index is 12.3. The van der Waals surface area contributed by atoms with Crippen LogP contribution in [0, 0.1) is 0 Å². The lowest BCUT2D eigenvalue weighted by atomic mass is 9.94. The Kier molecular flexibility index (Phi) is 8.42. The lowest BCUT2D eigenvalue weighted by Gasteiger charge is -2.33. The van der Waals surface area contributed by atoms with Gasteiger partial charge in [0.2, 0.25) is 5.91 Å². The molecule has 1 aliphatic rings. The number of nitrogens with one attached hydrogen (secondary N) is 1. The molecule has 2 rings (SSSR count). The summed E-state index contributed by atoms with van der Waals surface area (Å²) >= 11 is 0. The molecule has 0 aromatic heterocycles. The molecule has 1 fully saturated rings. The first-order chi connectivity index (χ1) is 12.1. The Morgan fingerprint density at radius 2 is 1.88 bits per heavy atom. The van der Waals surface area contributed by atoms with Crippen LogP contribution in [0.3, 0.4) is 0 Å². The minimum absolute atomic E-state index is 0.0674. The van der Waals surface area contributed by atoms with Crippen molar-refractivity contribution in [2.45, 2.75) is 64.3 Å². The summed E-state index contributed by atoms with van der Waals surface area (Å²) in [5.74, 6) is 0.615. The van der Waals surface area contributed by atoms with Gasteiger partial charge in [-0.25, -0.2) is 0 Å². The third kappa shape index (κ3) is 6.79. The molecule has 1 aromatic rings. The van der Waals surface area contributed by atoms with Crippen molar-refractivity contribution in [3.63, 3.8) is 0 Å². The maximum Gasteiger partial charge on any atom is 0.234 e. The summed E-state index contributed by atoms with van der Waals surface area (Å²) in [4.78, 5) is 14.4. The number of carbonyl (C=O) groups excluding carboxylic acids is 1. The monoisotopic (exact) mass is 346 g/mol. The Bertz CT molecular complexity index is 507. The van der Waals surface area contributed by atoms with E-state index < -0.39 is 0 Å². The Morgan fingerprint density at radius 1 is 1.20 bits per heavy atom. The van der Waals surface area contributed by atoms with Crippen LogP contribution in [0.1, 0.15) is 63.0 Å². The molecule has 0 radical (unpaired) electrons. The van der Waals surface area contributed by atoms with Gasteiger partial charge in [-0.15, -0.1) is 0 Å². The van der Waals surface area contributed by atoms with E-state index in [2.05, 4.69) is 48.3 Å². The van der Waals surface area contributed by atoms with Crippen LogP contribution >= 0.6 is 0 Å². The second-order valence-corrected chi connectivity index (χ2v) is 7.48. The van der Waals surface area contributed by atoms with Crippen LogP contribution < -0.4 is 5.32 Å². The van der Waals surface area contributed by atoms with Gasteiger partial charge in [0.1, 0.15) is 0 Å². The first-order valence-electron chi connectivity index (χ1n) is 9.80. The standard InChI is InChI=1S/C21H34N2O2/c1-17(2)19-10-8-18(9-11-19)12-13-22-21(25)16-23(14-15-24)20-6-4-3-5-7-20/h8-11,17,20,24H,3-7,12-16H2,1-2H3,(H,22,25). The molecule has 2 N–H and O–H groups in total. The second kappa shape index (κ2) is 10.6. The predicted molar refractivity (Wildman–Crippen MR) is 103 cm³/mol. The second-order valence-electron chi connectivity index (χ2n) is 7.48. The smallest absolute Gasteiger partial charge is 0.234 e. The molecule has 0 atom stereocenters. The Morgan fingerprint density at radius 3 is 2.48 bits per heavy atom. The van der Waals surface area contributed by atoms with Gasteiger partial charge in [0.05, 0.1) is 13.2 Å². The minimum atomic E-state index is 0.0674. The summed E-state index contributed by atoms with van der Waals surface area (Å²) in [5, 5.41) is 12.3. The fourth-order valence-corrected chi connectivity index (χ4v) is 3.62. The van der Waals surface area contributed by atoms with E-state index >= 15 is 0 Å². The van der Waals surface area contributed by atoms with Gasteiger partial charge in [-0.3, -0.25) is 9.69 Å². The van der Waals surface area contributed by atoms with E-state index in [-0.39, 0.29) is 12.5 Å². The van der Waals surface area contributed by atoms with Gasteiger partial charge in [-0.2, -0.15) is 0 Å². The average molecular weight is 347 g/mol. The number of nitrogens with zero attached hydrogens (tertiary/aromatic N) is 1. The van der Waals surface area contributed by atoms with E-state index in [0.29, 0.717) is 31.6 Å². The van der Waals surface area contributed by atoms with Crippen molar-refractivity contribution < 1.29 is 9.90 Å². The Labute approximate surface area is 152 Å². The van der Waals surface area contributed by atoms with Gasteiger partial charge in [-0.05, 0) is 36.3 Å². The van der Waals surface area contributed by atoms with E-state index in [9.17, 15) is 9.90 Å². The number of amides is 1. The lowest BCUT2D eigenvalue weighted by Crippen LogP contribution is -2.45. The number of hydrogen-bond donors (Lipinski definition) is 2. The van der Waals surface area contributed by atoms with Crippen molar-refractivity contribution in [1.82, 2.24) is 10.2 Å². The van der Waals surface area contributed by atoms with Crippen molar-refractivity contribution >= 4 is 5.91 Å². The first kappa shape index (κ1) is 19.9. The van der Waals surface area contributed by atoms with Crippen LogP contribution in [0.4, 0.5) is 0 Å². The number of hydrogen-bond acceptors (Lipinski definition) is 3. The zero-order valence-electron chi connectivity index (χ0n) is 15.8. The topological polar surface area (TPSA) is 52.6 Å². The minimum Gasteiger partial charge on any atom is -0.395 e. The molecule has 0 bridgehead atoms. The Balaban J connectivity index is 1.74. The van der Waals surface area contributed by atoms with Crippen molar-refractivity contribution in [2.75, 3.05) is 26.2 Å². The molecular formula is C21H34N2O2. The lowest BCUT2D eigenvalue weighted by molar-refractivity contribution is -0.123.